The Morgan fingerprint density at radius 1 is 0.225 bits per heavy atom. The Morgan fingerprint density at radius 2 is 0.411 bits per heavy atom. The number of unbranched alkanes of at least 4 members (excludes halogenated alkanes) is 48. The van der Waals surface area contributed by atoms with Crippen molar-refractivity contribution in [2.45, 2.75) is 476 Å². The van der Waals surface area contributed by atoms with E-state index in [2.05, 4.69) is 191 Å². The third-order valence-corrected chi connectivity index (χ3v) is 24.3. The molecule has 0 radical (unpaired) electrons. The minimum Gasteiger partial charge on any atom is -0.463 e. The number of carbonyl (C=O) groups is 3. The second-order valence-corrected chi connectivity index (χ2v) is 37.8. The van der Waals surface area contributed by atoms with Gasteiger partial charge in [-0.05, 0) is 154 Å². The lowest BCUT2D eigenvalue weighted by Crippen LogP contribution is -2.30. The van der Waals surface area contributed by atoms with Crippen molar-refractivity contribution in [1.29, 1.82) is 0 Å². The van der Waals surface area contributed by atoms with Crippen molar-refractivity contribution >= 4 is 33.6 Å². The Bertz CT molecular complexity index is 3030. The quantitative estimate of drug-likeness (QED) is 0.0146. The summed E-state index contributed by atoms with van der Waals surface area (Å²) in [5, 5.41) is 20.8. The monoisotopic (exact) mass is 1840 g/mol. The third kappa shape index (κ3) is 103. The molecule has 0 rings (SSSR count). The van der Waals surface area contributed by atoms with Crippen LogP contribution in [0.2, 0.25) is 0 Å². The average molecular weight is 1840 g/mol. The zero-order valence-corrected chi connectivity index (χ0v) is 84.1. The minimum atomic E-state index is -4.95. The van der Waals surface area contributed by atoms with Gasteiger partial charge in [0.05, 0.1) is 26.4 Å². The normalized spacial score (nSPS) is 14.3. The van der Waals surface area contributed by atoms with Crippen LogP contribution < -0.4 is 0 Å². The summed E-state index contributed by atoms with van der Waals surface area (Å²) in [5.74, 6) is -1.56. The summed E-state index contributed by atoms with van der Waals surface area (Å²) in [6, 6.07) is 0. The van der Waals surface area contributed by atoms with E-state index >= 15 is 0 Å². The maximum absolute atomic E-state index is 13.1. The van der Waals surface area contributed by atoms with E-state index in [9.17, 15) is 43.5 Å². The standard InChI is InChI=1S/C111H192O16P2/c1-4-7-10-13-16-19-22-25-28-31-34-37-40-43-45-47-49-51-52-54-56-57-59-62-64-67-70-73-76-79-82-85-88-91-94-97-109(114)121-100-106(112)101-123-128(117,118)124-102-107(113)103-125-129(119,120)126-105-108(127-111(116)99-96-93-90-87-84-81-78-75-72-69-66-61-42-39-36-33-30-27-24-21-18-15-12-9-6-3)104-122-110(115)98-95-92-89-86-83-80-77-74-71-68-65-63-60-58-55-53-50-48-46-44-41-38-35-32-29-26-23-20-17-14-11-8-5-2/h7-8,10-11,16-21,25-30,34-39,43-46,61,66,106-108,112-113H,4-6,9,12-15,22-24,31-33,40-42,47-60,62-65,67-105H2,1-3H3,(H,117,118)(H,119,120)/b10-7-,11-8-,19-16-,20-17-,21-18-,28-25-,29-26-,30-27-,37-34-,38-35-,39-36-,45-43-,46-44-,66-61-. The summed E-state index contributed by atoms with van der Waals surface area (Å²) >= 11 is 0. The van der Waals surface area contributed by atoms with Crippen LogP contribution >= 0.6 is 15.6 Å². The van der Waals surface area contributed by atoms with E-state index in [0.29, 0.717) is 19.3 Å². The van der Waals surface area contributed by atoms with Crippen molar-refractivity contribution in [3.63, 3.8) is 0 Å². The molecule has 0 aromatic heterocycles. The first-order chi connectivity index (χ1) is 63.2. The van der Waals surface area contributed by atoms with Gasteiger partial charge in [-0.3, -0.25) is 32.5 Å². The Kier molecular flexibility index (Phi) is 97.8. The maximum Gasteiger partial charge on any atom is 0.472 e. The molecular formula is C111H192O16P2. The van der Waals surface area contributed by atoms with Crippen molar-refractivity contribution in [2.24, 2.45) is 0 Å². The van der Waals surface area contributed by atoms with E-state index in [1.807, 2.05) is 0 Å². The van der Waals surface area contributed by atoms with Gasteiger partial charge in [0.15, 0.2) is 6.10 Å². The molecule has 5 unspecified atom stereocenters. The molecule has 0 aromatic rings. The number of phosphoric ester groups is 2. The first-order valence-corrected chi connectivity index (χ1v) is 55.4. The number of hydrogen-bond donors (Lipinski definition) is 4. The molecule has 0 saturated heterocycles. The molecule has 5 atom stereocenters. The van der Waals surface area contributed by atoms with Crippen LogP contribution in [0.15, 0.2) is 170 Å². The van der Waals surface area contributed by atoms with Crippen LogP contribution in [0.5, 0.6) is 0 Å². The van der Waals surface area contributed by atoms with Crippen molar-refractivity contribution in [1.82, 2.24) is 0 Å². The Morgan fingerprint density at radius 3 is 0.651 bits per heavy atom. The third-order valence-electron chi connectivity index (χ3n) is 22.4. The van der Waals surface area contributed by atoms with Gasteiger partial charge < -0.3 is 34.2 Å². The molecule has 0 bridgehead atoms. The fraction of sp³-hybridized carbons (Fsp3) is 0.721. The summed E-state index contributed by atoms with van der Waals surface area (Å²) in [4.78, 5) is 59.2. The highest BCUT2D eigenvalue weighted by Crippen LogP contribution is 2.45. The van der Waals surface area contributed by atoms with Gasteiger partial charge in [-0.1, -0.05) is 454 Å². The molecule has 129 heavy (non-hydrogen) atoms. The summed E-state index contributed by atoms with van der Waals surface area (Å²) < 4.78 is 61.7. The Hall–Kier alpha value is -5.09. The van der Waals surface area contributed by atoms with Gasteiger partial charge in [-0.2, -0.15) is 0 Å². The van der Waals surface area contributed by atoms with Crippen molar-refractivity contribution in [3.8, 4) is 0 Å². The lowest BCUT2D eigenvalue weighted by molar-refractivity contribution is -0.161. The maximum atomic E-state index is 13.1. The van der Waals surface area contributed by atoms with E-state index in [4.69, 9.17) is 32.3 Å². The zero-order valence-electron chi connectivity index (χ0n) is 82.3. The van der Waals surface area contributed by atoms with Gasteiger partial charge >= 0.3 is 33.6 Å². The molecule has 0 aliphatic carbocycles. The number of esters is 3. The van der Waals surface area contributed by atoms with Gasteiger partial charge in [-0.25, -0.2) is 9.13 Å². The van der Waals surface area contributed by atoms with Gasteiger partial charge in [0, 0.05) is 19.3 Å². The number of aliphatic hydroxyl groups excluding tert-OH is 2. The molecular weight excluding hydrogens is 1650 g/mol. The lowest BCUT2D eigenvalue weighted by atomic mass is 10.0. The molecule has 0 aliphatic rings. The van der Waals surface area contributed by atoms with Crippen LogP contribution in [0.1, 0.15) is 457 Å². The number of aliphatic hydroxyl groups is 2. The molecule has 742 valence electrons. The van der Waals surface area contributed by atoms with E-state index in [0.717, 1.165) is 154 Å². The van der Waals surface area contributed by atoms with Crippen LogP contribution in [0.4, 0.5) is 0 Å². The average Bonchev–Trinajstić information content (AvgIpc) is 0.895. The molecule has 0 aromatic carbocycles. The minimum absolute atomic E-state index is 0.0960. The fourth-order valence-electron chi connectivity index (χ4n) is 14.6. The highest BCUT2D eigenvalue weighted by Gasteiger charge is 2.30. The number of hydrogen-bond acceptors (Lipinski definition) is 14. The van der Waals surface area contributed by atoms with Gasteiger partial charge in [0.2, 0.25) is 0 Å². The van der Waals surface area contributed by atoms with Crippen LogP contribution in [0.25, 0.3) is 0 Å². The lowest BCUT2D eigenvalue weighted by Gasteiger charge is -2.21. The first-order valence-electron chi connectivity index (χ1n) is 52.4. The first kappa shape index (κ1) is 124. The van der Waals surface area contributed by atoms with Crippen LogP contribution in [0.3, 0.4) is 0 Å². The van der Waals surface area contributed by atoms with E-state index < -0.39 is 91.5 Å². The molecule has 0 heterocycles. The second-order valence-electron chi connectivity index (χ2n) is 34.9. The Balaban J connectivity index is 4.56. The molecule has 16 nitrogen and oxygen atoms in total. The van der Waals surface area contributed by atoms with E-state index in [1.54, 1.807) is 0 Å². The molecule has 0 aliphatic heterocycles. The van der Waals surface area contributed by atoms with Crippen molar-refractivity contribution in [3.05, 3.63) is 170 Å². The Labute approximate surface area is 790 Å². The summed E-state index contributed by atoms with van der Waals surface area (Å²) in [6.45, 7) is 2.51. The van der Waals surface area contributed by atoms with Crippen molar-refractivity contribution < 1.29 is 75.8 Å². The predicted octanol–water partition coefficient (Wildman–Crippen LogP) is 33.3. The van der Waals surface area contributed by atoms with Gasteiger partial charge in [0.1, 0.15) is 25.4 Å². The number of phosphoric acid groups is 2. The van der Waals surface area contributed by atoms with E-state index in [-0.39, 0.29) is 19.3 Å². The van der Waals surface area contributed by atoms with E-state index in [1.165, 1.54) is 244 Å². The van der Waals surface area contributed by atoms with Gasteiger partial charge in [-0.15, -0.1) is 0 Å². The zero-order chi connectivity index (χ0) is 93.5. The predicted molar refractivity (Wildman–Crippen MR) is 546 cm³/mol. The summed E-state index contributed by atoms with van der Waals surface area (Å²) in [7, 11) is -9.82. The SMILES string of the molecule is CC/C=C\C/C=C\C/C=C\C/C=C\C/C=C\CCCCCCCCCCCCCCCCCCCCCC(=O)OCC(O)COP(=O)(O)OCC(O)COP(=O)(O)OCC(COC(=O)CCCCCCCCCCCCCCCCCCC/C=C\C/C=C\C/C=C\C/C=C\C/C=C\CC)OC(=O)CCCCCCCCCCC/C=C\C/C=C\C/C=C\C/C=C\CCCCC. The van der Waals surface area contributed by atoms with Crippen LogP contribution in [-0.2, 0) is 55.8 Å². The summed E-state index contributed by atoms with van der Waals surface area (Å²) in [5.41, 5.74) is 0. The number of allylic oxidation sites excluding steroid dienone is 28. The topological polar surface area (TPSA) is 231 Å². The number of carbonyl (C=O) groups excluding carboxylic acids is 3. The highest BCUT2D eigenvalue weighted by atomic mass is 31.2. The summed E-state index contributed by atoms with van der Waals surface area (Å²) in [6.07, 6.45) is 134. The van der Waals surface area contributed by atoms with Crippen LogP contribution in [0, 0.1) is 0 Å². The van der Waals surface area contributed by atoms with Crippen molar-refractivity contribution in [2.75, 3.05) is 39.6 Å². The number of rotatable bonds is 99. The molecule has 0 spiro atoms. The molecule has 0 amide bonds. The largest absolute Gasteiger partial charge is 0.472 e. The molecule has 18 heteroatoms. The molecule has 4 N–H and O–H groups in total. The highest BCUT2D eigenvalue weighted by molar-refractivity contribution is 7.47. The molecule has 0 saturated carbocycles. The van der Waals surface area contributed by atoms with Gasteiger partial charge in [0.25, 0.3) is 0 Å². The molecule has 0 fully saturated rings. The second kappa shape index (κ2) is 102. The number of ether oxygens (including phenoxy) is 3. The smallest absolute Gasteiger partial charge is 0.463 e. The fourth-order valence-corrected chi connectivity index (χ4v) is 16.1. The van der Waals surface area contributed by atoms with Crippen LogP contribution in [-0.4, -0.2) is 95.9 Å².